The van der Waals surface area contributed by atoms with Crippen LogP contribution in [0.25, 0.3) is 10.9 Å². The van der Waals surface area contributed by atoms with Crippen molar-refractivity contribution in [1.82, 2.24) is 10.3 Å². The number of urea groups is 1. The number of aromatic nitrogens is 1. The lowest BCUT2D eigenvalue weighted by Gasteiger charge is -2.17. The first-order chi connectivity index (χ1) is 16.0. The number of nitrogens with one attached hydrogen (secondary N) is 3. The van der Waals surface area contributed by atoms with E-state index in [4.69, 9.17) is 10.5 Å². The highest BCUT2D eigenvalue weighted by molar-refractivity contribution is 5.97. The average Bonchev–Trinajstić information content (AvgIpc) is 3.23. The zero-order chi connectivity index (χ0) is 23.2. The van der Waals surface area contributed by atoms with Crippen LogP contribution in [-0.4, -0.2) is 23.0 Å². The number of H-pyrrole nitrogens is 1. The van der Waals surface area contributed by atoms with E-state index in [0.29, 0.717) is 22.7 Å². The molecule has 0 radical (unpaired) electrons. The number of anilines is 1. The minimum atomic E-state index is -0.861. The number of nitrogens with two attached hydrogens (primary N) is 1. The van der Waals surface area contributed by atoms with Crippen LogP contribution in [0.2, 0.25) is 0 Å². The third-order valence-corrected chi connectivity index (χ3v) is 5.09. The Labute approximate surface area is 190 Å². The minimum Gasteiger partial charge on any atom is -0.456 e. The van der Waals surface area contributed by atoms with E-state index in [9.17, 15) is 14.9 Å². The predicted molar refractivity (Wildman–Crippen MR) is 125 cm³/mol. The van der Waals surface area contributed by atoms with E-state index in [2.05, 4.69) is 21.7 Å². The molecule has 0 fully saturated rings. The lowest BCUT2D eigenvalue weighted by molar-refractivity contribution is -0.117. The van der Waals surface area contributed by atoms with Crippen molar-refractivity contribution < 1.29 is 14.3 Å². The molecule has 0 saturated carbocycles. The average molecular weight is 439 g/mol. The second-order valence-electron chi connectivity index (χ2n) is 7.35. The van der Waals surface area contributed by atoms with E-state index in [0.717, 1.165) is 16.5 Å². The molecule has 1 unspecified atom stereocenters. The van der Waals surface area contributed by atoms with Crippen LogP contribution in [0.1, 0.15) is 11.1 Å². The molecule has 8 nitrogen and oxygen atoms in total. The molecule has 5 N–H and O–H groups in total. The summed E-state index contributed by atoms with van der Waals surface area (Å²) >= 11 is 0. The fourth-order valence-corrected chi connectivity index (χ4v) is 3.51. The Morgan fingerprint density at radius 2 is 1.76 bits per heavy atom. The van der Waals surface area contributed by atoms with Crippen molar-refractivity contribution >= 4 is 28.5 Å². The molecule has 0 saturated heterocycles. The number of rotatable bonds is 7. The van der Waals surface area contributed by atoms with Gasteiger partial charge in [-0.2, -0.15) is 5.26 Å². The van der Waals surface area contributed by atoms with Gasteiger partial charge in [0.15, 0.2) is 0 Å². The first-order valence-corrected chi connectivity index (χ1v) is 10.2. The standard InChI is InChI=1S/C25H21N5O3/c26-14-16-5-1-4-8-23(16)33-19-11-9-18(10-12-19)29-24(31)22(30-25(27)32)13-17-15-28-21-7-3-2-6-20(17)21/h1-12,15,22,28H,13H2,(H,29,31)(H3,27,30,32). The van der Waals surface area contributed by atoms with Crippen molar-refractivity contribution in [1.29, 1.82) is 5.26 Å². The van der Waals surface area contributed by atoms with Gasteiger partial charge in [0.25, 0.3) is 0 Å². The molecule has 0 aliphatic rings. The molecule has 0 aliphatic carbocycles. The largest absolute Gasteiger partial charge is 0.456 e. The van der Waals surface area contributed by atoms with Gasteiger partial charge in [0.05, 0.1) is 5.56 Å². The molecular formula is C25H21N5O3. The van der Waals surface area contributed by atoms with Crippen LogP contribution in [-0.2, 0) is 11.2 Å². The summed E-state index contributed by atoms with van der Waals surface area (Å²) in [5.41, 5.74) is 8.09. The molecule has 1 atom stereocenters. The van der Waals surface area contributed by atoms with Gasteiger partial charge in [0.2, 0.25) is 5.91 Å². The van der Waals surface area contributed by atoms with Crippen molar-refractivity contribution in [2.24, 2.45) is 5.73 Å². The summed E-state index contributed by atoms with van der Waals surface area (Å²) in [4.78, 5) is 27.6. The van der Waals surface area contributed by atoms with E-state index in [1.807, 2.05) is 30.5 Å². The summed E-state index contributed by atoms with van der Waals surface area (Å²) in [6.45, 7) is 0. The third-order valence-electron chi connectivity index (χ3n) is 5.09. The van der Waals surface area contributed by atoms with Gasteiger partial charge in [0.1, 0.15) is 23.6 Å². The Kier molecular flexibility index (Phi) is 6.23. The third kappa shape index (κ3) is 5.11. The van der Waals surface area contributed by atoms with Crippen LogP contribution in [0, 0.1) is 11.3 Å². The van der Waals surface area contributed by atoms with E-state index < -0.39 is 18.0 Å². The monoisotopic (exact) mass is 439 g/mol. The highest BCUT2D eigenvalue weighted by Crippen LogP contribution is 2.26. The summed E-state index contributed by atoms with van der Waals surface area (Å²) in [5, 5.41) is 15.5. The molecular weight excluding hydrogens is 418 g/mol. The molecule has 33 heavy (non-hydrogen) atoms. The Morgan fingerprint density at radius 3 is 2.52 bits per heavy atom. The fourth-order valence-electron chi connectivity index (χ4n) is 3.51. The lowest BCUT2D eigenvalue weighted by Crippen LogP contribution is -2.47. The molecule has 0 spiro atoms. The smallest absolute Gasteiger partial charge is 0.312 e. The maximum absolute atomic E-state index is 12.9. The zero-order valence-corrected chi connectivity index (χ0v) is 17.5. The van der Waals surface area contributed by atoms with Crippen LogP contribution in [0.5, 0.6) is 11.5 Å². The molecule has 4 rings (SSSR count). The topological polar surface area (TPSA) is 133 Å². The Morgan fingerprint density at radius 1 is 1.03 bits per heavy atom. The second-order valence-corrected chi connectivity index (χ2v) is 7.35. The van der Waals surface area contributed by atoms with Gasteiger partial charge in [-0.15, -0.1) is 0 Å². The Hall–Kier alpha value is -4.77. The summed E-state index contributed by atoms with van der Waals surface area (Å²) in [5.74, 6) is 0.560. The maximum atomic E-state index is 12.9. The number of benzene rings is 3. The van der Waals surface area contributed by atoms with Crippen molar-refractivity contribution in [3.63, 3.8) is 0 Å². The van der Waals surface area contributed by atoms with Gasteiger partial charge in [-0.05, 0) is 48.0 Å². The molecule has 8 heteroatoms. The molecule has 164 valence electrons. The van der Waals surface area contributed by atoms with Gasteiger partial charge in [-0.3, -0.25) is 4.79 Å². The normalized spacial score (nSPS) is 11.4. The number of ether oxygens (including phenoxy) is 1. The summed E-state index contributed by atoms with van der Waals surface area (Å²) in [6.07, 6.45) is 2.09. The van der Waals surface area contributed by atoms with Gasteiger partial charge in [0, 0.05) is 29.2 Å². The molecule has 0 bridgehead atoms. The maximum Gasteiger partial charge on any atom is 0.312 e. The number of fused-ring (bicyclic) bond motifs is 1. The predicted octanol–water partition coefficient (Wildman–Crippen LogP) is 4.05. The number of hydrogen-bond acceptors (Lipinski definition) is 4. The summed E-state index contributed by atoms with van der Waals surface area (Å²) in [6, 6.07) is 21.8. The highest BCUT2D eigenvalue weighted by atomic mass is 16.5. The minimum absolute atomic E-state index is 0.269. The van der Waals surface area contributed by atoms with E-state index >= 15 is 0 Å². The van der Waals surface area contributed by atoms with Gasteiger partial charge in [-0.1, -0.05) is 30.3 Å². The number of nitrogens with zero attached hydrogens (tertiary/aromatic N) is 1. The number of carbonyl (C=O) groups is 2. The number of nitriles is 1. The van der Waals surface area contributed by atoms with Gasteiger partial charge >= 0.3 is 6.03 Å². The highest BCUT2D eigenvalue weighted by Gasteiger charge is 2.22. The van der Waals surface area contributed by atoms with E-state index in [1.54, 1.807) is 48.5 Å². The number of primary amides is 1. The quantitative estimate of drug-likeness (QED) is 0.346. The second kappa shape index (κ2) is 9.58. The molecule has 3 aromatic carbocycles. The van der Waals surface area contributed by atoms with Gasteiger partial charge in [-0.25, -0.2) is 4.79 Å². The first kappa shape index (κ1) is 21.5. The summed E-state index contributed by atoms with van der Waals surface area (Å²) < 4.78 is 5.76. The molecule has 4 aromatic rings. The SMILES string of the molecule is N#Cc1ccccc1Oc1ccc(NC(=O)C(Cc2c[nH]c3ccccc23)NC(N)=O)cc1. The number of aromatic amines is 1. The molecule has 0 aliphatic heterocycles. The number of para-hydroxylation sites is 2. The summed E-state index contributed by atoms with van der Waals surface area (Å²) in [7, 11) is 0. The van der Waals surface area contributed by atoms with Crippen LogP contribution in [0.3, 0.4) is 0 Å². The van der Waals surface area contributed by atoms with Crippen molar-refractivity contribution in [2.45, 2.75) is 12.5 Å². The fraction of sp³-hybridized carbons (Fsp3) is 0.0800. The number of carbonyl (C=O) groups excluding carboxylic acids is 2. The molecule has 1 aromatic heterocycles. The Balaban J connectivity index is 1.46. The van der Waals surface area contributed by atoms with Crippen molar-refractivity contribution in [2.75, 3.05) is 5.32 Å². The van der Waals surface area contributed by atoms with Crippen LogP contribution in [0.4, 0.5) is 10.5 Å². The molecule has 1 heterocycles. The molecule has 3 amide bonds. The van der Waals surface area contributed by atoms with Crippen LogP contribution in [0.15, 0.2) is 79.0 Å². The van der Waals surface area contributed by atoms with Gasteiger partial charge < -0.3 is 26.1 Å². The van der Waals surface area contributed by atoms with Crippen LogP contribution >= 0.6 is 0 Å². The lowest BCUT2D eigenvalue weighted by atomic mass is 10.0. The van der Waals surface area contributed by atoms with E-state index in [-0.39, 0.29) is 6.42 Å². The first-order valence-electron chi connectivity index (χ1n) is 10.2. The zero-order valence-electron chi connectivity index (χ0n) is 17.5. The number of hydrogen-bond donors (Lipinski definition) is 4. The van der Waals surface area contributed by atoms with Crippen molar-refractivity contribution in [3.05, 3.63) is 90.1 Å². The number of amides is 3. The Bertz CT molecular complexity index is 1340. The van der Waals surface area contributed by atoms with E-state index in [1.165, 1.54) is 0 Å². The van der Waals surface area contributed by atoms with Crippen LogP contribution < -0.4 is 21.1 Å². The van der Waals surface area contributed by atoms with Crippen molar-refractivity contribution in [3.8, 4) is 17.6 Å².